The maximum atomic E-state index is 11.9. The van der Waals surface area contributed by atoms with E-state index in [0.717, 1.165) is 10.0 Å². The van der Waals surface area contributed by atoms with Crippen LogP contribution in [0.15, 0.2) is 59.1 Å². The predicted molar refractivity (Wildman–Crippen MR) is 89.4 cm³/mol. The summed E-state index contributed by atoms with van der Waals surface area (Å²) in [5.74, 6) is -0.261. The van der Waals surface area contributed by atoms with Crippen molar-refractivity contribution in [1.29, 1.82) is 0 Å². The topological polar surface area (TPSA) is 58.2 Å². The fourth-order valence-electron chi connectivity index (χ4n) is 1.88. The molecule has 4 nitrogen and oxygen atoms in total. The van der Waals surface area contributed by atoms with Crippen LogP contribution in [0.3, 0.4) is 0 Å². The monoisotopic (exact) mass is 360 g/mol. The Labute approximate surface area is 138 Å². The lowest BCUT2D eigenvalue weighted by atomic mass is 10.2. The van der Waals surface area contributed by atoms with E-state index in [-0.39, 0.29) is 18.2 Å². The Hall–Kier alpha value is -2.14. The number of carbonyl (C=O) groups excluding carboxylic acids is 2. The van der Waals surface area contributed by atoms with Crippen molar-refractivity contribution in [3.8, 4) is 0 Å². The second-order valence-electron chi connectivity index (χ2n) is 4.78. The van der Waals surface area contributed by atoms with Crippen LogP contribution >= 0.6 is 15.9 Å². The van der Waals surface area contributed by atoms with E-state index in [1.54, 1.807) is 12.1 Å². The number of nitrogens with one attached hydrogen (secondary N) is 2. The molecule has 2 aromatic carbocycles. The quantitative estimate of drug-likeness (QED) is 0.831. The van der Waals surface area contributed by atoms with Gasteiger partial charge in [0.15, 0.2) is 0 Å². The van der Waals surface area contributed by atoms with Gasteiger partial charge in [0, 0.05) is 29.5 Å². The number of amides is 2. The third-order valence-electron chi connectivity index (χ3n) is 3.08. The van der Waals surface area contributed by atoms with E-state index in [1.165, 1.54) is 0 Å². The van der Waals surface area contributed by atoms with Gasteiger partial charge in [-0.2, -0.15) is 0 Å². The zero-order valence-corrected chi connectivity index (χ0v) is 13.6. The Morgan fingerprint density at radius 3 is 2.27 bits per heavy atom. The van der Waals surface area contributed by atoms with Crippen molar-refractivity contribution in [2.45, 2.75) is 13.0 Å². The summed E-state index contributed by atoms with van der Waals surface area (Å²) in [6.07, 6.45) is 0.259. The average Bonchev–Trinajstić information content (AvgIpc) is 2.54. The lowest BCUT2D eigenvalue weighted by Gasteiger charge is -2.07. The van der Waals surface area contributed by atoms with E-state index in [0.29, 0.717) is 18.7 Å². The molecule has 0 saturated heterocycles. The first-order valence-corrected chi connectivity index (χ1v) is 7.79. The smallest absolute Gasteiger partial charge is 0.251 e. The summed E-state index contributed by atoms with van der Waals surface area (Å²) >= 11 is 3.32. The van der Waals surface area contributed by atoms with Gasteiger partial charge in [-0.15, -0.1) is 0 Å². The third-order valence-corrected chi connectivity index (χ3v) is 3.61. The van der Waals surface area contributed by atoms with Gasteiger partial charge in [0.25, 0.3) is 5.91 Å². The molecule has 2 N–H and O–H groups in total. The van der Waals surface area contributed by atoms with Gasteiger partial charge >= 0.3 is 0 Å². The highest BCUT2D eigenvalue weighted by atomic mass is 79.9. The largest absolute Gasteiger partial charge is 0.352 e. The van der Waals surface area contributed by atoms with Crippen molar-refractivity contribution < 1.29 is 9.59 Å². The fourth-order valence-corrected chi connectivity index (χ4v) is 2.14. The molecule has 0 fully saturated rings. The summed E-state index contributed by atoms with van der Waals surface area (Å²) in [5, 5.41) is 5.56. The van der Waals surface area contributed by atoms with Crippen LogP contribution in [-0.4, -0.2) is 18.4 Å². The lowest BCUT2D eigenvalue weighted by molar-refractivity contribution is -0.121. The molecule has 0 aromatic heterocycles. The Morgan fingerprint density at radius 2 is 1.59 bits per heavy atom. The molecule has 2 amide bonds. The summed E-state index contributed by atoms with van der Waals surface area (Å²) in [6, 6.07) is 16.8. The molecule has 0 heterocycles. The SMILES string of the molecule is O=C(CCNC(=O)c1ccc(Br)cc1)NCc1ccccc1. The molecule has 0 bridgehead atoms. The normalized spacial score (nSPS) is 10.0. The van der Waals surface area contributed by atoms with Crippen molar-refractivity contribution in [2.24, 2.45) is 0 Å². The molecule has 5 heteroatoms. The van der Waals surface area contributed by atoms with Crippen LogP contribution in [0.1, 0.15) is 22.3 Å². The van der Waals surface area contributed by atoms with Gasteiger partial charge in [0.05, 0.1) is 0 Å². The van der Waals surface area contributed by atoms with Crippen LogP contribution in [-0.2, 0) is 11.3 Å². The van der Waals surface area contributed by atoms with Crippen molar-refractivity contribution >= 4 is 27.7 Å². The number of halogens is 1. The molecular formula is C17H17BrN2O2. The highest BCUT2D eigenvalue weighted by molar-refractivity contribution is 9.10. The maximum Gasteiger partial charge on any atom is 0.251 e. The minimum absolute atomic E-state index is 0.0834. The third kappa shape index (κ3) is 5.33. The minimum Gasteiger partial charge on any atom is -0.352 e. The molecule has 22 heavy (non-hydrogen) atoms. The Balaban J connectivity index is 1.68. The number of rotatable bonds is 6. The van der Waals surface area contributed by atoms with Crippen LogP contribution in [0.25, 0.3) is 0 Å². The predicted octanol–water partition coefficient (Wildman–Crippen LogP) is 2.89. The molecule has 0 aliphatic carbocycles. The zero-order valence-electron chi connectivity index (χ0n) is 12.0. The van der Waals surface area contributed by atoms with Gasteiger partial charge in [-0.05, 0) is 29.8 Å². The first-order chi connectivity index (χ1) is 10.6. The molecule has 0 aliphatic heterocycles. The van der Waals surface area contributed by atoms with Crippen LogP contribution in [0.2, 0.25) is 0 Å². The molecule has 0 atom stereocenters. The van der Waals surface area contributed by atoms with E-state index in [1.807, 2.05) is 42.5 Å². The zero-order chi connectivity index (χ0) is 15.8. The molecule has 0 aliphatic rings. The molecule has 2 rings (SSSR count). The second kappa shape index (κ2) is 8.34. The fraction of sp³-hybridized carbons (Fsp3) is 0.176. The minimum atomic E-state index is -0.177. The van der Waals surface area contributed by atoms with E-state index >= 15 is 0 Å². The number of benzene rings is 2. The maximum absolute atomic E-state index is 11.9. The van der Waals surface area contributed by atoms with Gasteiger partial charge in [-0.1, -0.05) is 46.3 Å². The molecule has 0 radical (unpaired) electrons. The van der Waals surface area contributed by atoms with Gasteiger partial charge in [0.2, 0.25) is 5.91 Å². The van der Waals surface area contributed by atoms with Gasteiger partial charge in [-0.25, -0.2) is 0 Å². The number of hydrogen-bond acceptors (Lipinski definition) is 2. The van der Waals surface area contributed by atoms with Gasteiger partial charge in [-0.3, -0.25) is 9.59 Å². The summed E-state index contributed by atoms with van der Waals surface area (Å²) in [7, 11) is 0. The Kier molecular flexibility index (Phi) is 6.15. The Bertz CT molecular complexity index is 627. The summed E-state index contributed by atoms with van der Waals surface area (Å²) in [5.41, 5.74) is 1.63. The molecule has 2 aromatic rings. The summed E-state index contributed by atoms with van der Waals surface area (Å²) in [4.78, 5) is 23.6. The molecule has 0 spiro atoms. The average molecular weight is 361 g/mol. The highest BCUT2D eigenvalue weighted by Gasteiger charge is 2.06. The highest BCUT2D eigenvalue weighted by Crippen LogP contribution is 2.10. The summed E-state index contributed by atoms with van der Waals surface area (Å²) < 4.78 is 0.921. The van der Waals surface area contributed by atoms with Crippen LogP contribution in [0, 0.1) is 0 Å². The van der Waals surface area contributed by atoms with Crippen LogP contribution < -0.4 is 10.6 Å². The number of carbonyl (C=O) groups is 2. The first-order valence-electron chi connectivity index (χ1n) is 6.99. The van der Waals surface area contributed by atoms with Crippen molar-refractivity contribution in [3.63, 3.8) is 0 Å². The van der Waals surface area contributed by atoms with Crippen molar-refractivity contribution in [1.82, 2.24) is 10.6 Å². The van der Waals surface area contributed by atoms with E-state index in [4.69, 9.17) is 0 Å². The second-order valence-corrected chi connectivity index (χ2v) is 5.69. The van der Waals surface area contributed by atoms with Crippen LogP contribution in [0.5, 0.6) is 0 Å². The lowest BCUT2D eigenvalue weighted by Crippen LogP contribution is -2.30. The van der Waals surface area contributed by atoms with E-state index in [9.17, 15) is 9.59 Å². The summed E-state index contributed by atoms with van der Waals surface area (Å²) in [6.45, 7) is 0.815. The molecular weight excluding hydrogens is 344 g/mol. The standard InChI is InChI=1S/C17H17BrN2O2/c18-15-8-6-14(7-9-15)17(22)19-11-10-16(21)20-12-13-4-2-1-3-5-13/h1-9H,10-12H2,(H,19,22)(H,20,21). The van der Waals surface area contributed by atoms with Crippen molar-refractivity contribution in [3.05, 3.63) is 70.2 Å². The molecule has 0 saturated carbocycles. The van der Waals surface area contributed by atoms with Crippen molar-refractivity contribution in [2.75, 3.05) is 6.54 Å². The Morgan fingerprint density at radius 1 is 0.909 bits per heavy atom. The van der Waals surface area contributed by atoms with Gasteiger partial charge in [0.1, 0.15) is 0 Å². The van der Waals surface area contributed by atoms with E-state index < -0.39 is 0 Å². The first kappa shape index (κ1) is 16.2. The molecule has 0 unspecified atom stereocenters. The number of hydrogen-bond donors (Lipinski definition) is 2. The molecule has 114 valence electrons. The van der Waals surface area contributed by atoms with Gasteiger partial charge < -0.3 is 10.6 Å². The van der Waals surface area contributed by atoms with E-state index in [2.05, 4.69) is 26.6 Å². The van der Waals surface area contributed by atoms with Crippen LogP contribution in [0.4, 0.5) is 0 Å².